The highest BCUT2D eigenvalue weighted by Gasteiger charge is 2.29. The number of hydrogen-bond donors (Lipinski definition) is 1. The van der Waals surface area contributed by atoms with Crippen LogP contribution in [0.4, 0.5) is 0 Å². The van der Waals surface area contributed by atoms with Crippen molar-refractivity contribution in [1.29, 1.82) is 0 Å². The van der Waals surface area contributed by atoms with Gasteiger partial charge in [0.05, 0.1) is 6.04 Å². The fraction of sp³-hybridized carbons (Fsp3) is 0.233. The minimum atomic E-state index is -0.132. The number of hydrogen-bond acceptors (Lipinski definition) is 2. The lowest BCUT2D eigenvalue weighted by atomic mass is 9.98. The van der Waals surface area contributed by atoms with E-state index >= 15 is 0 Å². The third kappa shape index (κ3) is 5.32. The van der Waals surface area contributed by atoms with Gasteiger partial charge in [-0.15, -0.1) is 0 Å². The lowest BCUT2D eigenvalue weighted by Gasteiger charge is -2.24. The predicted molar refractivity (Wildman–Crippen MR) is 135 cm³/mol. The molecule has 166 valence electrons. The Kier molecular flexibility index (Phi) is 6.50. The highest BCUT2D eigenvalue weighted by molar-refractivity contribution is 5.85. The van der Waals surface area contributed by atoms with Crippen LogP contribution in [-0.4, -0.2) is 23.4 Å². The SMILES string of the molecule is O=C(CCN(Cc1cccc2ccccc12)C1CC1)NC(c1ccccc1)c1ccccc1. The van der Waals surface area contributed by atoms with Crippen LogP contribution in [0.3, 0.4) is 0 Å². The molecule has 0 aromatic heterocycles. The normalized spacial score (nSPS) is 13.5. The average molecular weight is 435 g/mol. The molecular formula is C30H30N2O. The predicted octanol–water partition coefficient (Wildman–Crippen LogP) is 6.10. The molecule has 0 spiro atoms. The van der Waals surface area contributed by atoms with Crippen LogP contribution in [0.5, 0.6) is 0 Å². The Labute approximate surface area is 196 Å². The second-order valence-electron chi connectivity index (χ2n) is 8.91. The molecule has 3 nitrogen and oxygen atoms in total. The molecule has 5 rings (SSSR count). The van der Waals surface area contributed by atoms with Gasteiger partial charge in [0.2, 0.25) is 5.91 Å². The van der Waals surface area contributed by atoms with Gasteiger partial charge in [-0.25, -0.2) is 0 Å². The van der Waals surface area contributed by atoms with Crippen molar-refractivity contribution in [2.75, 3.05) is 6.54 Å². The summed E-state index contributed by atoms with van der Waals surface area (Å²) in [6.07, 6.45) is 2.95. The quantitative estimate of drug-likeness (QED) is 0.345. The van der Waals surface area contributed by atoms with Crippen molar-refractivity contribution in [2.24, 2.45) is 0 Å². The van der Waals surface area contributed by atoms with Crippen LogP contribution >= 0.6 is 0 Å². The van der Waals surface area contributed by atoms with Crippen LogP contribution < -0.4 is 5.32 Å². The number of carbonyl (C=O) groups excluding carboxylic acids is 1. The molecule has 4 aromatic rings. The van der Waals surface area contributed by atoms with Crippen molar-refractivity contribution >= 4 is 16.7 Å². The van der Waals surface area contributed by atoms with E-state index < -0.39 is 0 Å². The first kappa shape index (κ1) is 21.4. The van der Waals surface area contributed by atoms with Crippen molar-refractivity contribution < 1.29 is 4.79 Å². The summed E-state index contributed by atoms with van der Waals surface area (Å²) in [5.74, 6) is 0.0938. The Morgan fingerprint density at radius 3 is 2.06 bits per heavy atom. The van der Waals surface area contributed by atoms with Crippen LogP contribution in [0.25, 0.3) is 10.8 Å². The molecule has 0 radical (unpaired) electrons. The maximum atomic E-state index is 13.1. The minimum Gasteiger partial charge on any atom is -0.345 e. The van der Waals surface area contributed by atoms with E-state index in [1.165, 1.54) is 29.2 Å². The molecule has 0 bridgehead atoms. The molecule has 4 aromatic carbocycles. The molecule has 1 N–H and O–H groups in total. The lowest BCUT2D eigenvalue weighted by Crippen LogP contribution is -2.34. The number of nitrogens with zero attached hydrogens (tertiary/aromatic N) is 1. The molecule has 0 aliphatic heterocycles. The second kappa shape index (κ2) is 10.0. The zero-order chi connectivity index (χ0) is 22.5. The van der Waals surface area contributed by atoms with Crippen LogP contribution in [0.1, 0.15) is 42.0 Å². The number of benzene rings is 4. The van der Waals surface area contributed by atoms with E-state index in [9.17, 15) is 4.79 Å². The molecular weight excluding hydrogens is 404 g/mol. The van der Waals surface area contributed by atoms with Gasteiger partial charge < -0.3 is 5.32 Å². The van der Waals surface area contributed by atoms with Gasteiger partial charge in [-0.1, -0.05) is 103 Å². The van der Waals surface area contributed by atoms with Gasteiger partial charge in [0.1, 0.15) is 0 Å². The Bertz CT molecular complexity index is 1160. The van der Waals surface area contributed by atoms with Crippen LogP contribution in [0.15, 0.2) is 103 Å². The van der Waals surface area contributed by atoms with Crippen LogP contribution in [0.2, 0.25) is 0 Å². The van der Waals surface area contributed by atoms with E-state index in [2.05, 4.69) is 76.9 Å². The molecule has 1 aliphatic rings. The van der Waals surface area contributed by atoms with Crippen molar-refractivity contribution in [1.82, 2.24) is 10.2 Å². The zero-order valence-corrected chi connectivity index (χ0v) is 18.9. The van der Waals surface area contributed by atoms with Gasteiger partial charge in [0, 0.05) is 25.6 Å². The third-order valence-corrected chi connectivity index (χ3v) is 6.51. The van der Waals surface area contributed by atoms with Crippen LogP contribution in [0, 0.1) is 0 Å². The Hall–Kier alpha value is -3.43. The molecule has 0 heterocycles. The summed E-state index contributed by atoms with van der Waals surface area (Å²) < 4.78 is 0. The summed E-state index contributed by atoms with van der Waals surface area (Å²) in [6.45, 7) is 1.66. The summed E-state index contributed by atoms with van der Waals surface area (Å²) >= 11 is 0. The number of amides is 1. The second-order valence-corrected chi connectivity index (χ2v) is 8.91. The van der Waals surface area contributed by atoms with Crippen molar-refractivity contribution in [3.63, 3.8) is 0 Å². The van der Waals surface area contributed by atoms with Crippen molar-refractivity contribution in [3.05, 3.63) is 120 Å². The van der Waals surface area contributed by atoms with E-state index in [4.69, 9.17) is 0 Å². The summed E-state index contributed by atoms with van der Waals surface area (Å²) in [5.41, 5.74) is 3.55. The monoisotopic (exact) mass is 434 g/mol. The topological polar surface area (TPSA) is 32.3 Å². The number of carbonyl (C=O) groups is 1. The number of nitrogens with one attached hydrogen (secondary N) is 1. The fourth-order valence-electron chi connectivity index (χ4n) is 4.61. The first-order valence-corrected chi connectivity index (χ1v) is 11.9. The highest BCUT2D eigenvalue weighted by atomic mass is 16.1. The van der Waals surface area contributed by atoms with Gasteiger partial charge in [-0.05, 0) is 40.3 Å². The van der Waals surface area contributed by atoms with E-state index in [0.29, 0.717) is 12.5 Å². The van der Waals surface area contributed by atoms with E-state index in [-0.39, 0.29) is 11.9 Å². The molecule has 3 heteroatoms. The fourth-order valence-corrected chi connectivity index (χ4v) is 4.61. The number of rotatable bonds is 9. The summed E-state index contributed by atoms with van der Waals surface area (Å²) in [4.78, 5) is 15.6. The number of fused-ring (bicyclic) bond motifs is 1. The maximum Gasteiger partial charge on any atom is 0.222 e. The smallest absolute Gasteiger partial charge is 0.222 e. The minimum absolute atomic E-state index is 0.0938. The molecule has 1 saturated carbocycles. The lowest BCUT2D eigenvalue weighted by molar-refractivity contribution is -0.122. The molecule has 0 saturated heterocycles. The molecule has 33 heavy (non-hydrogen) atoms. The summed E-state index contributed by atoms with van der Waals surface area (Å²) in [7, 11) is 0. The third-order valence-electron chi connectivity index (χ3n) is 6.51. The molecule has 1 amide bonds. The molecule has 0 atom stereocenters. The van der Waals surface area contributed by atoms with Gasteiger partial charge in [0.15, 0.2) is 0 Å². The summed E-state index contributed by atoms with van der Waals surface area (Å²) in [5, 5.41) is 5.88. The van der Waals surface area contributed by atoms with E-state index in [1.807, 2.05) is 36.4 Å². The Balaban J connectivity index is 1.27. The first-order valence-electron chi connectivity index (χ1n) is 11.9. The first-order chi connectivity index (χ1) is 16.3. The highest BCUT2D eigenvalue weighted by Crippen LogP contribution is 2.30. The summed E-state index contributed by atoms with van der Waals surface area (Å²) in [6, 6.07) is 36.0. The molecule has 1 aliphatic carbocycles. The zero-order valence-electron chi connectivity index (χ0n) is 18.9. The van der Waals surface area contributed by atoms with E-state index in [1.54, 1.807) is 0 Å². The van der Waals surface area contributed by atoms with Gasteiger partial charge >= 0.3 is 0 Å². The van der Waals surface area contributed by atoms with Gasteiger partial charge in [0.25, 0.3) is 0 Å². The maximum absolute atomic E-state index is 13.1. The standard InChI is InChI=1S/C30H30N2O/c33-29(31-30(24-11-3-1-4-12-24)25-13-5-2-6-14-25)20-21-32(27-18-19-27)22-26-16-9-15-23-10-7-8-17-28(23)26/h1-17,27,30H,18-22H2,(H,31,33). The van der Waals surface area contributed by atoms with Gasteiger partial charge in [-0.3, -0.25) is 9.69 Å². The Morgan fingerprint density at radius 1 is 0.788 bits per heavy atom. The Morgan fingerprint density at radius 2 is 1.39 bits per heavy atom. The largest absolute Gasteiger partial charge is 0.345 e. The van der Waals surface area contributed by atoms with Gasteiger partial charge in [-0.2, -0.15) is 0 Å². The molecule has 1 fully saturated rings. The van der Waals surface area contributed by atoms with E-state index in [0.717, 1.165) is 24.2 Å². The van der Waals surface area contributed by atoms with Crippen molar-refractivity contribution in [2.45, 2.75) is 37.9 Å². The average Bonchev–Trinajstić information content (AvgIpc) is 3.72. The molecule has 0 unspecified atom stereocenters. The van der Waals surface area contributed by atoms with Crippen LogP contribution in [-0.2, 0) is 11.3 Å². The van der Waals surface area contributed by atoms with Crippen molar-refractivity contribution in [3.8, 4) is 0 Å².